The minimum Gasteiger partial charge on any atom is -0.393 e. The molecule has 1 rings (SSSR count). The summed E-state index contributed by atoms with van der Waals surface area (Å²) >= 11 is 0. The molecule has 2 atom stereocenters. The second-order valence-corrected chi connectivity index (χ2v) is 6.21. The third kappa shape index (κ3) is 4.96. The monoisotopic (exact) mass is 265 g/mol. The molecule has 0 fully saturated rings. The molecule has 1 aromatic carbocycles. The van der Waals surface area contributed by atoms with Gasteiger partial charge in [-0.2, -0.15) is 0 Å². The van der Waals surface area contributed by atoms with Crippen LogP contribution in [0.25, 0.3) is 0 Å². The standard InChI is InChI=1S/C17H28O2/c1-16(2,17(3,19)14-18)13-9-5-8-12-15-10-6-4-7-11-15/h4,6-7,10-11,18-19H,5,8-9,12-14H2,1-3H3/t17-/m1/s1/i14D/t14-,17-. The molecular weight excluding hydrogens is 236 g/mol. The Kier molecular flexibility index (Phi) is 5.41. The van der Waals surface area contributed by atoms with Crippen molar-refractivity contribution in [3.8, 4) is 0 Å². The quantitative estimate of drug-likeness (QED) is 0.706. The fourth-order valence-corrected chi connectivity index (χ4v) is 2.15. The maximum Gasteiger partial charge on any atom is 0.0899 e. The van der Waals surface area contributed by atoms with E-state index in [1.165, 1.54) is 5.56 Å². The molecule has 0 saturated carbocycles. The first-order valence-corrected chi connectivity index (χ1v) is 7.14. The van der Waals surface area contributed by atoms with Crippen LogP contribution >= 0.6 is 0 Å². The summed E-state index contributed by atoms with van der Waals surface area (Å²) in [4.78, 5) is 0. The second kappa shape index (κ2) is 7.06. The number of aryl methyl sites for hydroxylation is 1. The fraction of sp³-hybridized carbons (Fsp3) is 0.647. The number of hydrogen-bond donors (Lipinski definition) is 2. The van der Waals surface area contributed by atoms with Gasteiger partial charge in [-0.1, -0.05) is 57.0 Å². The Labute approximate surface area is 118 Å². The van der Waals surface area contributed by atoms with Crippen LogP contribution in [-0.2, 0) is 6.42 Å². The third-order valence-electron chi connectivity index (χ3n) is 4.23. The highest BCUT2D eigenvalue weighted by atomic mass is 16.3. The molecule has 19 heavy (non-hydrogen) atoms. The lowest BCUT2D eigenvalue weighted by atomic mass is 9.73. The van der Waals surface area contributed by atoms with Crippen molar-refractivity contribution in [3.63, 3.8) is 0 Å². The molecule has 2 nitrogen and oxygen atoms in total. The first kappa shape index (κ1) is 14.5. The number of aliphatic hydroxyl groups excluding tert-OH is 1. The van der Waals surface area contributed by atoms with Gasteiger partial charge in [-0.25, -0.2) is 0 Å². The van der Waals surface area contributed by atoms with Gasteiger partial charge in [-0.15, -0.1) is 0 Å². The van der Waals surface area contributed by atoms with Crippen LogP contribution in [0.4, 0.5) is 0 Å². The molecule has 0 saturated heterocycles. The second-order valence-electron chi connectivity index (χ2n) is 6.21. The summed E-state index contributed by atoms with van der Waals surface area (Å²) in [6, 6.07) is 10.4. The molecule has 0 aromatic heterocycles. The Bertz CT molecular complexity index is 385. The normalized spacial score (nSPS) is 17.6. The van der Waals surface area contributed by atoms with Crippen LogP contribution in [-0.4, -0.2) is 22.4 Å². The van der Waals surface area contributed by atoms with Gasteiger partial charge in [0.05, 0.1) is 13.6 Å². The number of unbranched alkanes of at least 4 members (excludes halogenated alkanes) is 2. The van der Waals surface area contributed by atoms with Gasteiger partial charge in [0.25, 0.3) is 0 Å². The van der Waals surface area contributed by atoms with Gasteiger partial charge >= 0.3 is 0 Å². The molecule has 0 aliphatic carbocycles. The topological polar surface area (TPSA) is 40.5 Å². The lowest BCUT2D eigenvalue weighted by Crippen LogP contribution is -2.45. The highest BCUT2D eigenvalue weighted by molar-refractivity contribution is 5.14. The summed E-state index contributed by atoms with van der Waals surface area (Å²) < 4.78 is 7.37. The van der Waals surface area contributed by atoms with Gasteiger partial charge in [-0.05, 0) is 37.2 Å². The molecular formula is C17H28O2. The van der Waals surface area contributed by atoms with Crippen LogP contribution in [0.2, 0.25) is 0 Å². The zero-order valence-corrected chi connectivity index (χ0v) is 12.4. The zero-order valence-electron chi connectivity index (χ0n) is 13.4. The first-order valence-electron chi connectivity index (χ1n) is 7.72. The van der Waals surface area contributed by atoms with Gasteiger partial charge in [0.2, 0.25) is 0 Å². The van der Waals surface area contributed by atoms with E-state index in [9.17, 15) is 10.2 Å². The summed E-state index contributed by atoms with van der Waals surface area (Å²) in [5.74, 6) is 0. The largest absolute Gasteiger partial charge is 0.393 e. The maximum absolute atomic E-state index is 10.2. The Hall–Kier alpha value is -0.860. The molecule has 0 amide bonds. The number of rotatable bonds is 8. The molecule has 0 unspecified atom stereocenters. The van der Waals surface area contributed by atoms with Crippen molar-refractivity contribution < 1.29 is 11.6 Å². The van der Waals surface area contributed by atoms with E-state index in [-0.39, 0.29) is 0 Å². The van der Waals surface area contributed by atoms with Gasteiger partial charge < -0.3 is 10.2 Å². The molecule has 0 heterocycles. The predicted octanol–water partition coefficient (Wildman–Crippen LogP) is 3.56. The van der Waals surface area contributed by atoms with Crippen LogP contribution in [0.3, 0.4) is 0 Å². The lowest BCUT2D eigenvalue weighted by Gasteiger charge is -2.39. The molecule has 108 valence electrons. The molecule has 0 spiro atoms. The summed E-state index contributed by atoms with van der Waals surface area (Å²) in [6.07, 6.45) is 5.13. The molecule has 2 N–H and O–H groups in total. The van der Waals surface area contributed by atoms with Gasteiger partial charge in [0.15, 0.2) is 0 Å². The summed E-state index contributed by atoms with van der Waals surface area (Å²) in [5.41, 5.74) is -0.465. The first-order chi connectivity index (χ1) is 9.27. The van der Waals surface area contributed by atoms with Crippen molar-refractivity contribution in [2.75, 3.05) is 6.58 Å². The van der Waals surface area contributed by atoms with Gasteiger partial charge in [0.1, 0.15) is 0 Å². The Morgan fingerprint density at radius 3 is 2.26 bits per heavy atom. The summed E-state index contributed by atoms with van der Waals surface area (Å²) in [7, 11) is 0. The average molecular weight is 265 g/mol. The number of hydrogen-bond acceptors (Lipinski definition) is 2. The van der Waals surface area contributed by atoms with Crippen molar-refractivity contribution in [1.82, 2.24) is 0 Å². The molecule has 2 heteroatoms. The smallest absolute Gasteiger partial charge is 0.0899 e. The van der Waals surface area contributed by atoms with Gasteiger partial charge in [-0.3, -0.25) is 0 Å². The van der Waals surface area contributed by atoms with E-state index in [0.717, 1.165) is 32.1 Å². The number of benzene rings is 1. The van der Waals surface area contributed by atoms with E-state index in [1.54, 1.807) is 6.92 Å². The molecule has 0 bridgehead atoms. The third-order valence-corrected chi connectivity index (χ3v) is 4.23. The van der Waals surface area contributed by atoms with E-state index in [1.807, 2.05) is 19.9 Å². The summed E-state index contributed by atoms with van der Waals surface area (Å²) in [6.45, 7) is 3.93. The maximum atomic E-state index is 10.2. The Morgan fingerprint density at radius 1 is 1.05 bits per heavy atom. The van der Waals surface area contributed by atoms with Crippen molar-refractivity contribution in [1.29, 1.82) is 0 Å². The van der Waals surface area contributed by atoms with Crippen LogP contribution in [0.15, 0.2) is 30.3 Å². The van der Waals surface area contributed by atoms with Crippen molar-refractivity contribution in [2.45, 2.75) is 58.5 Å². The van der Waals surface area contributed by atoms with Crippen LogP contribution in [0.5, 0.6) is 0 Å². The lowest BCUT2D eigenvalue weighted by molar-refractivity contribution is -0.0919. The van der Waals surface area contributed by atoms with Gasteiger partial charge in [0, 0.05) is 0 Å². The van der Waals surface area contributed by atoms with Crippen LogP contribution in [0, 0.1) is 5.41 Å². The van der Waals surface area contributed by atoms with E-state index in [4.69, 9.17) is 1.37 Å². The number of aliphatic hydroxyl groups is 2. The molecule has 0 aliphatic heterocycles. The highest BCUT2D eigenvalue weighted by Gasteiger charge is 2.37. The van der Waals surface area contributed by atoms with Crippen molar-refractivity contribution in [3.05, 3.63) is 35.9 Å². The minimum absolute atomic E-state index is 0.457. The van der Waals surface area contributed by atoms with E-state index < -0.39 is 17.6 Å². The van der Waals surface area contributed by atoms with Crippen molar-refractivity contribution in [2.24, 2.45) is 5.41 Å². The van der Waals surface area contributed by atoms with Crippen molar-refractivity contribution >= 4 is 0 Å². The zero-order chi connectivity index (χ0) is 15.2. The minimum atomic E-state index is -1.46. The Morgan fingerprint density at radius 2 is 1.68 bits per heavy atom. The van der Waals surface area contributed by atoms with E-state index in [2.05, 4.69) is 24.3 Å². The van der Waals surface area contributed by atoms with Crippen LogP contribution in [0.1, 0.15) is 53.4 Å². The molecule has 0 radical (unpaired) electrons. The van der Waals surface area contributed by atoms with E-state index >= 15 is 0 Å². The summed E-state index contributed by atoms with van der Waals surface area (Å²) in [5, 5.41) is 19.6. The predicted molar refractivity (Wildman–Crippen MR) is 80.1 cm³/mol. The fourth-order valence-electron chi connectivity index (χ4n) is 2.15. The molecule has 0 aliphatic rings. The SMILES string of the molecule is [2H][C@@H](O)[C@@](C)(O)C(C)(C)CCCCCc1ccccc1. The highest BCUT2D eigenvalue weighted by Crippen LogP contribution is 2.35. The molecule has 1 aromatic rings. The average Bonchev–Trinajstić information content (AvgIpc) is 2.39. The van der Waals surface area contributed by atoms with E-state index in [0.29, 0.717) is 0 Å². The van der Waals surface area contributed by atoms with Crippen LogP contribution < -0.4 is 0 Å². The Balaban J connectivity index is 2.30.